The molecule has 0 amide bonds. The highest BCUT2D eigenvalue weighted by molar-refractivity contribution is 6.24. The topological polar surface area (TPSA) is 39.8 Å². The maximum absolute atomic E-state index is 4.08. The van der Waals surface area contributed by atoms with Crippen molar-refractivity contribution in [1.82, 2.24) is 10.3 Å². The van der Waals surface area contributed by atoms with Crippen molar-refractivity contribution in [2.45, 2.75) is 12.1 Å². The summed E-state index contributed by atoms with van der Waals surface area (Å²) in [6.07, 6.45) is 6.51. The minimum atomic E-state index is -0.0778. The predicted octanol–water partition coefficient (Wildman–Crippen LogP) is 12.8. The van der Waals surface area contributed by atoms with Crippen molar-refractivity contribution in [3.63, 3.8) is 0 Å². The van der Waals surface area contributed by atoms with Crippen LogP contribution in [0.5, 0.6) is 0 Å². The molecule has 2 atom stereocenters. The smallest absolute Gasteiger partial charge is 0.0779 e. The minimum absolute atomic E-state index is 0.0684. The van der Waals surface area contributed by atoms with E-state index in [0.29, 0.717) is 0 Å². The van der Waals surface area contributed by atoms with Crippen LogP contribution in [0.3, 0.4) is 0 Å². The maximum Gasteiger partial charge on any atom is 0.0779 e. The minimum Gasteiger partial charge on any atom is -0.373 e. The molecule has 2 aliphatic heterocycles. The van der Waals surface area contributed by atoms with Crippen molar-refractivity contribution >= 4 is 45.1 Å². The number of aromatic nitrogens is 1. The molecule has 2 aliphatic rings. The SMILES string of the molecule is C1=CC(c2cccc(-c3ccc(C4=C(c5ccccc5)C(c5ccccc5)NC(c5ccccc5)=C4c4ccccc4)cc3)c2)Nc2c1ccc1cc[nH]c21. The standard InChI is InChI=1S/C52H39N3/c1-5-14-36(15-6-1)47-46(48(37-16-7-2-8-17-37)50(40-20-11-4-12-21-40)55-49(47)39-18-9-3-10-19-39)38-26-24-35(25-27-38)43-22-13-23-44(34-43)45-31-30-41-28-29-42-32-33-53-51(42)52(41)54-45/h1-34,45,49,53-55H. The Morgan fingerprint density at radius 3 is 1.75 bits per heavy atom. The monoisotopic (exact) mass is 705 g/mol. The molecule has 3 heteroatoms. The van der Waals surface area contributed by atoms with Crippen molar-refractivity contribution in [2.75, 3.05) is 5.32 Å². The van der Waals surface area contributed by atoms with Gasteiger partial charge in [0.05, 0.1) is 29.0 Å². The number of anilines is 1. The highest BCUT2D eigenvalue weighted by Gasteiger charge is 2.33. The van der Waals surface area contributed by atoms with Gasteiger partial charge in [-0.3, -0.25) is 0 Å². The van der Waals surface area contributed by atoms with Crippen LogP contribution in [0.1, 0.15) is 51.0 Å². The number of hydrogen-bond donors (Lipinski definition) is 3. The van der Waals surface area contributed by atoms with E-state index in [2.05, 4.69) is 216 Å². The van der Waals surface area contributed by atoms with Crippen LogP contribution in [0.4, 0.5) is 5.69 Å². The first-order valence-corrected chi connectivity index (χ1v) is 19.0. The molecule has 3 nitrogen and oxygen atoms in total. The molecule has 0 bridgehead atoms. The Balaban J connectivity index is 1.11. The van der Waals surface area contributed by atoms with Gasteiger partial charge >= 0.3 is 0 Å². The van der Waals surface area contributed by atoms with Crippen molar-refractivity contribution in [3.05, 3.63) is 239 Å². The molecule has 262 valence electrons. The zero-order chi connectivity index (χ0) is 36.6. The van der Waals surface area contributed by atoms with Gasteiger partial charge in [-0.1, -0.05) is 188 Å². The number of rotatable bonds is 7. The quantitative estimate of drug-likeness (QED) is 0.154. The normalized spacial score (nSPS) is 16.4. The average Bonchev–Trinajstić information content (AvgIpc) is 3.77. The molecule has 0 saturated heterocycles. The van der Waals surface area contributed by atoms with Crippen molar-refractivity contribution in [3.8, 4) is 11.1 Å². The Kier molecular flexibility index (Phi) is 8.31. The van der Waals surface area contributed by atoms with Crippen molar-refractivity contribution in [1.29, 1.82) is 0 Å². The summed E-state index contributed by atoms with van der Waals surface area (Å²) in [6, 6.07) is 67.9. The van der Waals surface area contributed by atoms with Gasteiger partial charge in [0.25, 0.3) is 0 Å². The maximum atomic E-state index is 4.08. The second-order valence-corrected chi connectivity index (χ2v) is 14.3. The second kappa shape index (κ2) is 14.0. The van der Waals surface area contributed by atoms with Gasteiger partial charge in [-0.15, -0.1) is 0 Å². The summed E-state index contributed by atoms with van der Waals surface area (Å²) >= 11 is 0. The van der Waals surface area contributed by atoms with Crippen molar-refractivity contribution < 1.29 is 0 Å². The lowest BCUT2D eigenvalue weighted by atomic mass is 9.77. The zero-order valence-electron chi connectivity index (χ0n) is 30.3. The summed E-state index contributed by atoms with van der Waals surface area (Å²) in [4.78, 5) is 3.43. The molecule has 3 heterocycles. The highest BCUT2D eigenvalue weighted by Crippen LogP contribution is 2.50. The number of hydrogen-bond acceptors (Lipinski definition) is 2. The molecule has 0 saturated carbocycles. The van der Waals surface area contributed by atoms with E-state index in [1.165, 1.54) is 66.6 Å². The van der Waals surface area contributed by atoms with E-state index in [9.17, 15) is 0 Å². The Morgan fingerprint density at radius 1 is 0.418 bits per heavy atom. The van der Waals surface area contributed by atoms with Gasteiger partial charge in [0.2, 0.25) is 0 Å². The summed E-state index contributed by atoms with van der Waals surface area (Å²) in [6.45, 7) is 0. The molecule has 3 N–H and O–H groups in total. The fraction of sp³-hybridized carbons (Fsp3) is 0.0385. The summed E-state index contributed by atoms with van der Waals surface area (Å²) in [5, 5.41) is 9.11. The molecule has 0 spiro atoms. The number of aromatic amines is 1. The van der Waals surface area contributed by atoms with Gasteiger partial charge < -0.3 is 15.6 Å². The van der Waals surface area contributed by atoms with Gasteiger partial charge in [-0.2, -0.15) is 0 Å². The number of benzene rings is 7. The summed E-state index contributed by atoms with van der Waals surface area (Å²) in [5.74, 6) is 0. The predicted molar refractivity (Wildman–Crippen MR) is 231 cm³/mol. The first kappa shape index (κ1) is 32.5. The van der Waals surface area contributed by atoms with Crippen LogP contribution in [0, 0.1) is 0 Å². The van der Waals surface area contributed by atoms with Crippen LogP contribution < -0.4 is 10.6 Å². The molecule has 0 radical (unpaired) electrons. The Labute approximate surface area is 322 Å². The molecule has 8 aromatic rings. The zero-order valence-corrected chi connectivity index (χ0v) is 30.3. The molecular formula is C52H39N3. The first-order valence-electron chi connectivity index (χ1n) is 19.0. The third-order valence-corrected chi connectivity index (χ3v) is 11.0. The Morgan fingerprint density at radius 2 is 1.02 bits per heavy atom. The number of allylic oxidation sites excluding steroid dienone is 2. The van der Waals surface area contributed by atoms with E-state index < -0.39 is 0 Å². The third kappa shape index (κ3) is 6.06. The lowest BCUT2D eigenvalue weighted by Gasteiger charge is -2.36. The van der Waals surface area contributed by atoms with Crippen LogP contribution in [0.25, 0.3) is 50.5 Å². The molecular weight excluding hydrogens is 667 g/mol. The van der Waals surface area contributed by atoms with Crippen LogP contribution in [-0.4, -0.2) is 4.98 Å². The van der Waals surface area contributed by atoms with Crippen LogP contribution in [0.2, 0.25) is 0 Å². The molecule has 10 rings (SSSR count). The van der Waals surface area contributed by atoms with E-state index in [-0.39, 0.29) is 12.1 Å². The lowest BCUT2D eigenvalue weighted by Crippen LogP contribution is -2.27. The van der Waals surface area contributed by atoms with Crippen LogP contribution in [-0.2, 0) is 0 Å². The van der Waals surface area contributed by atoms with E-state index >= 15 is 0 Å². The molecule has 1 aromatic heterocycles. The average molecular weight is 706 g/mol. The van der Waals surface area contributed by atoms with Gasteiger partial charge in [-0.25, -0.2) is 0 Å². The number of nitrogens with one attached hydrogen (secondary N) is 3. The van der Waals surface area contributed by atoms with Gasteiger partial charge in [0.15, 0.2) is 0 Å². The third-order valence-electron chi connectivity index (χ3n) is 11.0. The molecule has 2 unspecified atom stereocenters. The molecule has 0 fully saturated rings. The summed E-state index contributed by atoms with van der Waals surface area (Å²) in [7, 11) is 0. The van der Waals surface area contributed by atoms with Crippen LogP contribution in [0.15, 0.2) is 200 Å². The largest absolute Gasteiger partial charge is 0.373 e. The van der Waals surface area contributed by atoms with E-state index in [0.717, 1.165) is 22.5 Å². The van der Waals surface area contributed by atoms with E-state index in [4.69, 9.17) is 0 Å². The van der Waals surface area contributed by atoms with Gasteiger partial charge in [0, 0.05) is 17.2 Å². The number of fused-ring (bicyclic) bond motifs is 3. The Hall–Kier alpha value is -7.10. The van der Waals surface area contributed by atoms with E-state index in [1.54, 1.807) is 0 Å². The molecule has 7 aromatic carbocycles. The number of H-pyrrole nitrogens is 1. The molecule has 0 aliphatic carbocycles. The highest BCUT2D eigenvalue weighted by atomic mass is 15.0. The second-order valence-electron chi connectivity index (χ2n) is 14.3. The van der Waals surface area contributed by atoms with Crippen LogP contribution >= 0.6 is 0 Å². The van der Waals surface area contributed by atoms with E-state index in [1.807, 2.05) is 6.20 Å². The molecule has 55 heavy (non-hydrogen) atoms. The van der Waals surface area contributed by atoms with Gasteiger partial charge in [-0.05, 0) is 73.4 Å². The first-order chi connectivity index (χ1) is 27.3. The fourth-order valence-electron chi connectivity index (χ4n) is 8.32. The fourth-order valence-corrected chi connectivity index (χ4v) is 8.32. The number of dihydropyridines is 1. The van der Waals surface area contributed by atoms with Gasteiger partial charge in [0.1, 0.15) is 0 Å². The summed E-state index contributed by atoms with van der Waals surface area (Å²) < 4.78 is 0. The lowest BCUT2D eigenvalue weighted by molar-refractivity contribution is 0.787. The van der Waals surface area contributed by atoms with Crippen molar-refractivity contribution in [2.24, 2.45) is 0 Å². The summed E-state index contributed by atoms with van der Waals surface area (Å²) in [5.41, 5.74) is 17.8. The Bertz CT molecular complexity index is 2720.